The first-order valence-corrected chi connectivity index (χ1v) is 4.42. The predicted octanol–water partition coefficient (Wildman–Crippen LogP) is -0.124. The van der Waals surface area contributed by atoms with Gasteiger partial charge in [0.1, 0.15) is 13.2 Å². The van der Waals surface area contributed by atoms with Crippen molar-refractivity contribution in [2.75, 3.05) is 26.3 Å². The van der Waals surface area contributed by atoms with E-state index >= 15 is 0 Å². The fourth-order valence-electron chi connectivity index (χ4n) is 1.18. The molecule has 1 rings (SSSR count). The topological polar surface area (TPSA) is 66.8 Å². The Labute approximate surface area is 82.0 Å². The summed E-state index contributed by atoms with van der Waals surface area (Å²) < 4.78 is 4.70. The third kappa shape index (κ3) is 3.57. The minimum absolute atomic E-state index is 0.153. The first-order chi connectivity index (χ1) is 6.70. The maximum absolute atomic E-state index is 11.4. The van der Waals surface area contributed by atoms with Gasteiger partial charge in [-0.15, -0.1) is 0 Å². The molecule has 1 aliphatic rings. The fraction of sp³-hybridized carbons (Fsp3) is 0.556. The first kappa shape index (κ1) is 10.7. The number of carboxylic acids is 1. The summed E-state index contributed by atoms with van der Waals surface area (Å²) in [5.74, 6) is -1.22. The van der Waals surface area contributed by atoms with E-state index in [9.17, 15) is 9.59 Å². The predicted molar refractivity (Wildman–Crippen MR) is 48.8 cm³/mol. The van der Waals surface area contributed by atoms with Gasteiger partial charge < -0.3 is 14.7 Å². The van der Waals surface area contributed by atoms with Gasteiger partial charge in [-0.3, -0.25) is 4.79 Å². The van der Waals surface area contributed by atoms with Crippen LogP contribution in [0.5, 0.6) is 0 Å². The van der Waals surface area contributed by atoms with E-state index in [1.807, 2.05) is 12.2 Å². The lowest BCUT2D eigenvalue weighted by Gasteiger charge is -2.22. The molecule has 0 aliphatic carbocycles. The van der Waals surface area contributed by atoms with E-state index in [1.165, 1.54) is 0 Å². The molecule has 0 bridgehead atoms. The van der Waals surface area contributed by atoms with Crippen molar-refractivity contribution in [3.8, 4) is 0 Å². The van der Waals surface area contributed by atoms with Gasteiger partial charge in [-0.1, -0.05) is 12.2 Å². The van der Waals surface area contributed by atoms with Gasteiger partial charge >= 0.3 is 5.97 Å². The van der Waals surface area contributed by atoms with Gasteiger partial charge in [0.2, 0.25) is 5.91 Å². The highest BCUT2D eigenvalue weighted by molar-refractivity contribution is 5.78. The van der Waals surface area contributed by atoms with Crippen molar-refractivity contribution in [2.45, 2.75) is 6.42 Å². The number of hydrogen-bond donors (Lipinski definition) is 1. The molecule has 0 radical (unpaired) electrons. The molecule has 0 aromatic carbocycles. The van der Waals surface area contributed by atoms with Crippen LogP contribution in [0.2, 0.25) is 0 Å². The molecule has 0 aromatic rings. The average molecular weight is 199 g/mol. The summed E-state index contributed by atoms with van der Waals surface area (Å²) in [7, 11) is 0. The molecule has 5 heteroatoms. The molecule has 0 saturated carbocycles. The Morgan fingerprint density at radius 1 is 1.36 bits per heavy atom. The van der Waals surface area contributed by atoms with Crippen LogP contribution < -0.4 is 0 Å². The molecular formula is C9H13NO4. The zero-order valence-electron chi connectivity index (χ0n) is 7.81. The van der Waals surface area contributed by atoms with Crippen LogP contribution in [-0.2, 0) is 14.3 Å². The van der Waals surface area contributed by atoms with Gasteiger partial charge in [0.15, 0.2) is 0 Å². The normalized spacial score (nSPS) is 15.6. The lowest BCUT2D eigenvalue weighted by molar-refractivity contribution is -0.145. The molecule has 0 aromatic heterocycles. The fourth-order valence-corrected chi connectivity index (χ4v) is 1.18. The Kier molecular flexibility index (Phi) is 4.12. The number of amides is 1. The third-order valence-corrected chi connectivity index (χ3v) is 1.86. The standard InChI is InChI=1S/C9H13NO4/c11-8(6-14-7-9(12)13)10-4-2-1-3-5-10/h1-2H,3-7H2,(H,12,13). The monoisotopic (exact) mass is 199 g/mol. The van der Waals surface area contributed by atoms with Crippen LogP contribution in [-0.4, -0.2) is 48.2 Å². The molecule has 5 nitrogen and oxygen atoms in total. The Morgan fingerprint density at radius 2 is 2.14 bits per heavy atom. The molecule has 1 N–H and O–H groups in total. The number of hydrogen-bond acceptors (Lipinski definition) is 3. The average Bonchev–Trinajstić information content (AvgIpc) is 2.18. The summed E-state index contributed by atoms with van der Waals surface area (Å²) in [5, 5.41) is 8.28. The summed E-state index contributed by atoms with van der Waals surface area (Å²) in [5.41, 5.74) is 0. The van der Waals surface area contributed by atoms with Crippen molar-refractivity contribution in [3.63, 3.8) is 0 Å². The number of nitrogens with zero attached hydrogens (tertiary/aromatic N) is 1. The first-order valence-electron chi connectivity index (χ1n) is 4.42. The van der Waals surface area contributed by atoms with Crippen molar-refractivity contribution in [1.29, 1.82) is 0 Å². The summed E-state index contributed by atoms with van der Waals surface area (Å²) >= 11 is 0. The zero-order chi connectivity index (χ0) is 10.4. The highest BCUT2D eigenvalue weighted by Crippen LogP contribution is 2.01. The van der Waals surface area contributed by atoms with Crippen molar-refractivity contribution in [3.05, 3.63) is 12.2 Å². The van der Waals surface area contributed by atoms with Gasteiger partial charge in [-0.2, -0.15) is 0 Å². The second-order valence-electron chi connectivity index (χ2n) is 2.99. The number of carbonyl (C=O) groups is 2. The molecule has 0 fully saturated rings. The van der Waals surface area contributed by atoms with Gasteiger partial charge in [0, 0.05) is 13.1 Å². The van der Waals surface area contributed by atoms with Crippen molar-refractivity contribution < 1.29 is 19.4 Å². The number of ether oxygens (including phenoxy) is 1. The summed E-state index contributed by atoms with van der Waals surface area (Å²) in [6.07, 6.45) is 4.78. The molecule has 78 valence electrons. The van der Waals surface area contributed by atoms with Crippen LogP contribution in [0.25, 0.3) is 0 Å². The van der Waals surface area contributed by atoms with E-state index in [0.717, 1.165) is 6.42 Å². The molecule has 1 aliphatic heterocycles. The maximum atomic E-state index is 11.4. The van der Waals surface area contributed by atoms with Gasteiger partial charge in [-0.05, 0) is 6.42 Å². The molecule has 0 spiro atoms. The number of rotatable bonds is 4. The van der Waals surface area contributed by atoms with E-state index in [4.69, 9.17) is 9.84 Å². The largest absolute Gasteiger partial charge is 0.480 e. The SMILES string of the molecule is O=C(O)COCC(=O)N1CC=CCC1. The van der Waals surface area contributed by atoms with Crippen LogP contribution in [0.4, 0.5) is 0 Å². The number of carboxylic acid groups (broad SMARTS) is 1. The van der Waals surface area contributed by atoms with Gasteiger partial charge in [0.05, 0.1) is 0 Å². The summed E-state index contributed by atoms with van der Waals surface area (Å²) in [6.45, 7) is 0.705. The lowest BCUT2D eigenvalue weighted by Crippen LogP contribution is -2.36. The quantitative estimate of drug-likeness (QED) is 0.641. The smallest absolute Gasteiger partial charge is 0.329 e. The van der Waals surface area contributed by atoms with Crippen LogP contribution in [0, 0.1) is 0 Å². The summed E-state index contributed by atoms with van der Waals surface area (Å²) in [6, 6.07) is 0. The Bertz CT molecular complexity index is 249. The minimum Gasteiger partial charge on any atom is -0.480 e. The second kappa shape index (κ2) is 5.39. The molecule has 1 amide bonds. The van der Waals surface area contributed by atoms with Crippen LogP contribution in [0.1, 0.15) is 6.42 Å². The number of aliphatic carboxylic acids is 1. The Morgan fingerprint density at radius 3 is 2.71 bits per heavy atom. The van der Waals surface area contributed by atoms with Crippen LogP contribution >= 0.6 is 0 Å². The second-order valence-corrected chi connectivity index (χ2v) is 2.99. The van der Waals surface area contributed by atoms with Gasteiger partial charge in [0.25, 0.3) is 0 Å². The van der Waals surface area contributed by atoms with E-state index in [0.29, 0.717) is 13.1 Å². The molecule has 0 atom stereocenters. The van der Waals surface area contributed by atoms with Crippen molar-refractivity contribution >= 4 is 11.9 Å². The highest BCUT2D eigenvalue weighted by Gasteiger charge is 2.13. The Balaban J connectivity index is 2.20. The lowest BCUT2D eigenvalue weighted by atomic mass is 10.2. The highest BCUT2D eigenvalue weighted by atomic mass is 16.5. The minimum atomic E-state index is -1.06. The van der Waals surface area contributed by atoms with E-state index in [1.54, 1.807) is 4.90 Å². The molecule has 1 heterocycles. The van der Waals surface area contributed by atoms with E-state index < -0.39 is 12.6 Å². The van der Waals surface area contributed by atoms with E-state index in [2.05, 4.69) is 0 Å². The maximum Gasteiger partial charge on any atom is 0.329 e. The van der Waals surface area contributed by atoms with Crippen LogP contribution in [0.15, 0.2) is 12.2 Å². The molecular weight excluding hydrogens is 186 g/mol. The molecule has 0 saturated heterocycles. The van der Waals surface area contributed by atoms with Crippen LogP contribution in [0.3, 0.4) is 0 Å². The third-order valence-electron chi connectivity index (χ3n) is 1.86. The molecule has 0 unspecified atom stereocenters. The Hall–Kier alpha value is -1.36. The number of carbonyl (C=O) groups excluding carboxylic acids is 1. The van der Waals surface area contributed by atoms with Crippen molar-refractivity contribution in [1.82, 2.24) is 4.90 Å². The van der Waals surface area contributed by atoms with Gasteiger partial charge in [-0.25, -0.2) is 4.79 Å². The molecule has 14 heavy (non-hydrogen) atoms. The van der Waals surface area contributed by atoms with Crippen molar-refractivity contribution in [2.24, 2.45) is 0 Å². The zero-order valence-corrected chi connectivity index (χ0v) is 7.81. The van der Waals surface area contributed by atoms with E-state index in [-0.39, 0.29) is 12.5 Å². The summed E-state index contributed by atoms with van der Waals surface area (Å²) in [4.78, 5) is 23.1.